The van der Waals surface area contributed by atoms with Crippen molar-refractivity contribution in [2.45, 2.75) is 46.0 Å². The molecule has 3 N–H and O–H groups in total. The van der Waals surface area contributed by atoms with Gasteiger partial charge in [-0.05, 0) is 42.2 Å². The standard InChI is InChI=1S/C31H35F3N7O3P/c1-4-13-45(44,14-5-2)22-8-6-7-21(15-22)37-30-35-17-25(31(32,33)34)28(39-30)38-26-10-9-23(20-16-36-41(18-20)11-12-42)24-19-40(3)29(43)27(24)26/h6-10,15-18,42H,4-5,11-14,19H2,1-3H3,(H2,35,37,38,39). The van der Waals surface area contributed by atoms with E-state index >= 15 is 0 Å². The minimum absolute atomic E-state index is 0.0927. The van der Waals surface area contributed by atoms with Gasteiger partial charge in [0.25, 0.3) is 5.91 Å². The quantitative estimate of drug-likeness (QED) is 0.156. The van der Waals surface area contributed by atoms with Crippen LogP contribution < -0.4 is 15.9 Å². The molecule has 4 aromatic rings. The summed E-state index contributed by atoms with van der Waals surface area (Å²) < 4.78 is 57.6. The second kappa shape index (κ2) is 13.0. The van der Waals surface area contributed by atoms with Gasteiger partial charge in [-0.2, -0.15) is 23.3 Å². The summed E-state index contributed by atoms with van der Waals surface area (Å²) in [6.45, 7) is 4.42. The number of aliphatic hydroxyl groups is 1. The number of carbonyl (C=O) groups excluding carboxylic acids is 1. The highest BCUT2D eigenvalue weighted by atomic mass is 31.2. The van der Waals surface area contributed by atoms with Crippen LogP contribution in [0.25, 0.3) is 11.1 Å². The van der Waals surface area contributed by atoms with E-state index in [1.54, 1.807) is 54.5 Å². The van der Waals surface area contributed by atoms with E-state index in [2.05, 4.69) is 25.7 Å². The zero-order valence-corrected chi connectivity index (χ0v) is 26.1. The van der Waals surface area contributed by atoms with Crippen LogP contribution in [0.1, 0.15) is 48.2 Å². The van der Waals surface area contributed by atoms with Gasteiger partial charge in [0.1, 0.15) is 18.5 Å². The summed E-state index contributed by atoms with van der Waals surface area (Å²) in [6.07, 6.45) is 1.93. The van der Waals surface area contributed by atoms with Crippen molar-refractivity contribution in [3.05, 3.63) is 71.7 Å². The van der Waals surface area contributed by atoms with Crippen molar-refractivity contribution in [3.8, 4) is 11.1 Å². The Labute approximate surface area is 259 Å². The number of hydrogen-bond acceptors (Lipinski definition) is 8. The molecule has 0 unspecified atom stereocenters. The van der Waals surface area contributed by atoms with Crippen LogP contribution in [0.15, 0.2) is 55.0 Å². The zero-order chi connectivity index (χ0) is 32.4. The fraction of sp³-hybridized carbons (Fsp3) is 0.355. The first-order chi connectivity index (χ1) is 21.5. The first-order valence-electron chi connectivity index (χ1n) is 14.7. The SMILES string of the molecule is CCCP(=O)(CCC)c1cccc(Nc2ncc(C(F)(F)F)c(Nc3ccc(-c4cnn(CCO)c4)c4c3C(=O)N(C)C4)n2)c1. The number of carbonyl (C=O) groups is 1. The fourth-order valence-corrected chi connectivity index (χ4v) is 8.51. The highest BCUT2D eigenvalue weighted by molar-refractivity contribution is 7.71. The summed E-state index contributed by atoms with van der Waals surface area (Å²) in [4.78, 5) is 22.8. The lowest BCUT2D eigenvalue weighted by Crippen LogP contribution is -2.18. The molecule has 0 aliphatic carbocycles. The number of alkyl halides is 3. The van der Waals surface area contributed by atoms with Crippen molar-refractivity contribution in [2.24, 2.45) is 0 Å². The van der Waals surface area contributed by atoms with E-state index in [1.807, 2.05) is 19.9 Å². The number of fused-ring (bicyclic) bond motifs is 1. The summed E-state index contributed by atoms with van der Waals surface area (Å²) in [6, 6.07) is 10.3. The lowest BCUT2D eigenvalue weighted by atomic mass is 9.97. The molecule has 14 heteroatoms. The van der Waals surface area contributed by atoms with Crippen LogP contribution in [-0.4, -0.2) is 61.6 Å². The molecule has 0 bridgehead atoms. The molecular formula is C31H35F3N7O3P. The zero-order valence-electron chi connectivity index (χ0n) is 25.2. The minimum atomic E-state index is -4.78. The van der Waals surface area contributed by atoms with Crippen LogP contribution in [0.3, 0.4) is 0 Å². The number of amides is 1. The smallest absolute Gasteiger partial charge is 0.394 e. The van der Waals surface area contributed by atoms with Crippen LogP contribution in [0.4, 0.5) is 36.3 Å². The summed E-state index contributed by atoms with van der Waals surface area (Å²) in [5.41, 5.74) is 1.86. The van der Waals surface area contributed by atoms with Crippen molar-refractivity contribution in [2.75, 3.05) is 36.6 Å². The molecule has 5 rings (SSSR count). The number of hydrogen-bond donors (Lipinski definition) is 3. The average Bonchev–Trinajstić information content (AvgIpc) is 3.57. The molecule has 2 aromatic carbocycles. The van der Waals surface area contributed by atoms with Gasteiger partial charge >= 0.3 is 6.18 Å². The molecule has 0 saturated carbocycles. The Kier molecular flexibility index (Phi) is 9.31. The summed E-state index contributed by atoms with van der Waals surface area (Å²) >= 11 is 0. The lowest BCUT2D eigenvalue weighted by Gasteiger charge is -2.19. The monoisotopic (exact) mass is 641 g/mol. The van der Waals surface area contributed by atoms with Gasteiger partial charge in [-0.25, -0.2) is 4.98 Å². The second-order valence-electron chi connectivity index (χ2n) is 11.0. The van der Waals surface area contributed by atoms with Crippen molar-refractivity contribution in [1.82, 2.24) is 24.6 Å². The molecule has 238 valence electrons. The molecule has 1 amide bonds. The average molecular weight is 642 g/mol. The molecule has 0 atom stereocenters. The Balaban J connectivity index is 1.51. The van der Waals surface area contributed by atoms with E-state index in [4.69, 9.17) is 0 Å². The third kappa shape index (κ3) is 6.74. The first-order valence-corrected chi connectivity index (χ1v) is 16.8. The number of halogens is 3. The maximum atomic E-state index is 14.1. The van der Waals surface area contributed by atoms with Gasteiger partial charge in [0.15, 0.2) is 0 Å². The van der Waals surface area contributed by atoms with Gasteiger partial charge in [-0.15, -0.1) is 0 Å². The molecule has 0 radical (unpaired) electrons. The number of benzene rings is 2. The Morgan fingerprint density at radius 1 is 1.07 bits per heavy atom. The van der Waals surface area contributed by atoms with Gasteiger partial charge in [0, 0.05) is 54.9 Å². The van der Waals surface area contributed by atoms with Crippen LogP contribution >= 0.6 is 7.14 Å². The topological polar surface area (TPSA) is 125 Å². The Hall–Kier alpha value is -4.22. The number of aromatic nitrogens is 4. The number of nitrogens with zero attached hydrogens (tertiary/aromatic N) is 5. The predicted octanol–water partition coefficient (Wildman–Crippen LogP) is 6.23. The Morgan fingerprint density at radius 2 is 1.82 bits per heavy atom. The molecule has 0 spiro atoms. The predicted molar refractivity (Wildman–Crippen MR) is 168 cm³/mol. The Morgan fingerprint density at radius 3 is 2.51 bits per heavy atom. The fourth-order valence-electron chi connectivity index (χ4n) is 5.59. The van der Waals surface area contributed by atoms with Gasteiger partial charge in [0.2, 0.25) is 5.95 Å². The maximum absolute atomic E-state index is 14.1. The minimum Gasteiger partial charge on any atom is -0.394 e. The van der Waals surface area contributed by atoms with Crippen LogP contribution in [0.5, 0.6) is 0 Å². The maximum Gasteiger partial charge on any atom is 0.421 e. The summed E-state index contributed by atoms with van der Waals surface area (Å²) in [5, 5.41) is 19.9. The molecule has 45 heavy (non-hydrogen) atoms. The normalized spacial score (nSPS) is 13.3. The van der Waals surface area contributed by atoms with E-state index in [1.165, 1.54) is 4.90 Å². The molecule has 2 aromatic heterocycles. The van der Waals surface area contributed by atoms with E-state index < -0.39 is 24.7 Å². The van der Waals surface area contributed by atoms with E-state index in [9.17, 15) is 27.6 Å². The van der Waals surface area contributed by atoms with Gasteiger partial charge in [-0.1, -0.05) is 32.0 Å². The van der Waals surface area contributed by atoms with E-state index in [-0.39, 0.29) is 36.3 Å². The third-order valence-electron chi connectivity index (χ3n) is 7.63. The van der Waals surface area contributed by atoms with Crippen molar-refractivity contribution >= 4 is 41.5 Å². The van der Waals surface area contributed by atoms with Gasteiger partial charge in [-0.3, -0.25) is 9.48 Å². The highest BCUT2D eigenvalue weighted by Gasteiger charge is 2.37. The van der Waals surface area contributed by atoms with Crippen molar-refractivity contribution in [1.29, 1.82) is 0 Å². The second-order valence-corrected chi connectivity index (χ2v) is 14.2. The molecule has 0 saturated heterocycles. The Bertz CT molecular complexity index is 1750. The number of anilines is 4. The number of rotatable bonds is 12. The summed E-state index contributed by atoms with van der Waals surface area (Å²) in [7, 11) is -1.01. The molecular weight excluding hydrogens is 606 g/mol. The van der Waals surface area contributed by atoms with Crippen LogP contribution in [-0.2, 0) is 23.8 Å². The van der Waals surface area contributed by atoms with Crippen molar-refractivity contribution in [3.63, 3.8) is 0 Å². The van der Waals surface area contributed by atoms with Gasteiger partial charge in [0.05, 0.1) is 30.6 Å². The molecule has 3 heterocycles. The summed E-state index contributed by atoms with van der Waals surface area (Å²) in [5.74, 6) is -0.971. The first kappa shape index (κ1) is 32.2. The van der Waals surface area contributed by atoms with E-state index in [0.717, 1.165) is 12.8 Å². The van der Waals surface area contributed by atoms with Crippen molar-refractivity contribution < 1.29 is 27.6 Å². The van der Waals surface area contributed by atoms with Gasteiger partial charge < -0.3 is 25.2 Å². The van der Waals surface area contributed by atoms with Crippen LogP contribution in [0, 0.1) is 0 Å². The largest absolute Gasteiger partial charge is 0.421 e. The highest BCUT2D eigenvalue weighted by Crippen LogP contribution is 2.46. The molecule has 0 fully saturated rings. The van der Waals surface area contributed by atoms with Crippen LogP contribution in [0.2, 0.25) is 0 Å². The molecule has 10 nitrogen and oxygen atoms in total. The number of aliphatic hydroxyl groups excluding tert-OH is 1. The molecule has 1 aliphatic rings. The number of nitrogens with one attached hydrogen (secondary N) is 2. The molecule has 1 aliphatic heterocycles. The third-order valence-corrected chi connectivity index (χ3v) is 11.2. The lowest BCUT2D eigenvalue weighted by molar-refractivity contribution is -0.137. The van der Waals surface area contributed by atoms with E-state index in [0.29, 0.717) is 52.7 Å².